The second kappa shape index (κ2) is 7.21. The number of amides is 1. The summed E-state index contributed by atoms with van der Waals surface area (Å²) in [7, 11) is 0. The lowest BCUT2D eigenvalue weighted by Crippen LogP contribution is -2.52. The van der Waals surface area contributed by atoms with Gasteiger partial charge < -0.3 is 5.48 Å². The van der Waals surface area contributed by atoms with E-state index in [9.17, 15) is 4.79 Å². The van der Waals surface area contributed by atoms with Crippen molar-refractivity contribution in [1.29, 1.82) is 5.26 Å². The minimum Gasteiger partial charge on any atom is -0.412 e. The van der Waals surface area contributed by atoms with Crippen molar-refractivity contribution in [3.8, 4) is 6.19 Å². The van der Waals surface area contributed by atoms with Gasteiger partial charge in [0.1, 0.15) is 0 Å². The first-order valence-electron chi connectivity index (χ1n) is 5.81. The Labute approximate surface area is 118 Å². The molecule has 7 nitrogen and oxygen atoms in total. The van der Waals surface area contributed by atoms with Gasteiger partial charge in [-0.05, 0) is 32.9 Å². The van der Waals surface area contributed by atoms with E-state index in [-0.39, 0.29) is 17.3 Å². The van der Waals surface area contributed by atoms with Gasteiger partial charge in [-0.3, -0.25) is 20.0 Å². The molecule has 0 spiro atoms. The van der Waals surface area contributed by atoms with Crippen molar-refractivity contribution < 1.29 is 10.3 Å². The number of pyridine rings is 1. The number of aromatic nitrogens is 1. The van der Waals surface area contributed by atoms with E-state index in [0.29, 0.717) is 5.69 Å². The summed E-state index contributed by atoms with van der Waals surface area (Å²) < 4.78 is 0. The fourth-order valence-corrected chi connectivity index (χ4v) is 1.67. The Morgan fingerprint density at radius 1 is 1.50 bits per heavy atom. The third-order valence-corrected chi connectivity index (χ3v) is 2.25. The summed E-state index contributed by atoms with van der Waals surface area (Å²) in [5, 5.41) is 11.3. The van der Waals surface area contributed by atoms with Crippen LogP contribution in [0.15, 0.2) is 29.5 Å². The van der Waals surface area contributed by atoms with Crippen molar-refractivity contribution in [2.24, 2.45) is 4.99 Å². The third kappa shape index (κ3) is 4.66. The highest BCUT2D eigenvalue weighted by Crippen LogP contribution is 2.16. The average molecular weight is 277 g/mol. The smallest absolute Gasteiger partial charge is 0.226 e. The minimum absolute atomic E-state index is 0. The van der Waals surface area contributed by atoms with Gasteiger partial charge >= 0.3 is 0 Å². The number of nitrogens with zero attached hydrogens (tertiary/aromatic N) is 4. The van der Waals surface area contributed by atoms with Crippen molar-refractivity contribution in [2.45, 2.75) is 33.2 Å². The van der Waals surface area contributed by atoms with Gasteiger partial charge in [0.2, 0.25) is 11.9 Å². The minimum atomic E-state index is -0.489. The van der Waals surface area contributed by atoms with Crippen LogP contribution in [0, 0.1) is 11.5 Å². The number of aliphatic imine (C=N–C) groups is 1. The fraction of sp³-hybridized carbons (Fsp3) is 0.385. The summed E-state index contributed by atoms with van der Waals surface area (Å²) in [6, 6.07) is 3.48. The number of rotatable bonds is 1. The molecule has 0 radical (unpaired) electrons. The highest BCUT2D eigenvalue weighted by atomic mass is 16.2. The topological polar surface area (TPSA) is 113 Å². The second-order valence-corrected chi connectivity index (χ2v) is 4.91. The molecule has 7 heteroatoms. The van der Waals surface area contributed by atoms with Crippen LogP contribution >= 0.6 is 0 Å². The largest absolute Gasteiger partial charge is 0.412 e. The first-order valence-corrected chi connectivity index (χ1v) is 5.81. The molecule has 0 atom stereocenters. The summed E-state index contributed by atoms with van der Waals surface area (Å²) in [6.45, 7) is 7.04. The number of guanidine groups is 1. The van der Waals surface area contributed by atoms with Crippen molar-refractivity contribution >= 4 is 17.6 Å². The number of carbonyl (C=O) groups is 1. The molecule has 1 aromatic rings. The van der Waals surface area contributed by atoms with Gasteiger partial charge in [0.05, 0.1) is 11.9 Å². The van der Waals surface area contributed by atoms with Gasteiger partial charge in [-0.15, -0.1) is 0 Å². The van der Waals surface area contributed by atoms with Crippen molar-refractivity contribution in [3.05, 3.63) is 24.5 Å². The lowest BCUT2D eigenvalue weighted by atomic mass is 10.1. The molecule has 1 aromatic heterocycles. The summed E-state index contributed by atoms with van der Waals surface area (Å²) in [6.07, 6.45) is 4.98. The lowest BCUT2D eigenvalue weighted by molar-refractivity contribution is -0.128. The summed E-state index contributed by atoms with van der Waals surface area (Å²) in [5.41, 5.74) is 0.0761. The maximum absolute atomic E-state index is 11.8. The molecule has 1 amide bonds. The van der Waals surface area contributed by atoms with Gasteiger partial charge in [-0.1, -0.05) is 0 Å². The van der Waals surface area contributed by atoms with E-state index in [1.165, 1.54) is 11.8 Å². The molecule has 1 heterocycles. The Morgan fingerprint density at radius 3 is 2.55 bits per heavy atom. The third-order valence-electron chi connectivity index (χ3n) is 2.25. The summed E-state index contributed by atoms with van der Waals surface area (Å²) in [5.74, 6) is -0.00612. The number of hydrogen-bond donors (Lipinski definition) is 1. The Balaban J connectivity index is 0.00000361. The molecule has 3 N–H and O–H groups in total. The molecule has 0 saturated carbocycles. The van der Waals surface area contributed by atoms with E-state index in [1.807, 2.05) is 20.8 Å². The molecular formula is C13H19N5O2. The quantitative estimate of drug-likeness (QED) is 0.356. The molecule has 20 heavy (non-hydrogen) atoms. The Hall–Kier alpha value is -2.46. The predicted octanol–water partition coefficient (Wildman–Crippen LogP) is 0.962. The number of carbonyl (C=O) groups excluding carboxylic acids is 1. The molecule has 0 aliphatic rings. The van der Waals surface area contributed by atoms with Crippen LogP contribution in [-0.2, 0) is 4.79 Å². The van der Waals surface area contributed by atoms with Crippen LogP contribution in [0.25, 0.3) is 0 Å². The second-order valence-electron chi connectivity index (χ2n) is 4.91. The normalized spacial score (nSPS) is 11.1. The summed E-state index contributed by atoms with van der Waals surface area (Å²) >= 11 is 0. The molecule has 0 aliphatic heterocycles. The van der Waals surface area contributed by atoms with Crippen LogP contribution in [0.5, 0.6) is 0 Å². The number of nitrogens with one attached hydrogen (secondary N) is 1. The average Bonchev–Trinajstić information content (AvgIpc) is 2.28. The zero-order valence-corrected chi connectivity index (χ0v) is 12.0. The van der Waals surface area contributed by atoms with E-state index in [0.717, 1.165) is 0 Å². The SMILES string of the molecule is CC(=O)N(C(=Nc1cccnc1)NC#N)C(C)(C)C.O. The highest BCUT2D eigenvalue weighted by Gasteiger charge is 2.28. The standard InChI is InChI=1S/C13H17N5O.H2O/c1-10(19)18(13(2,3)4)12(16-9-14)17-11-6-5-7-15-8-11;/h5-8H,1-4H3,(H,16,17);1H2. The first-order chi connectivity index (χ1) is 8.86. The zero-order valence-electron chi connectivity index (χ0n) is 12.0. The van der Waals surface area contributed by atoms with Crippen LogP contribution in [0.4, 0.5) is 5.69 Å². The van der Waals surface area contributed by atoms with Gasteiger partial charge in [-0.25, -0.2) is 4.99 Å². The Bertz CT molecular complexity index is 514. The van der Waals surface area contributed by atoms with Crippen molar-refractivity contribution in [3.63, 3.8) is 0 Å². The predicted molar refractivity (Wildman–Crippen MR) is 76.0 cm³/mol. The maximum Gasteiger partial charge on any atom is 0.226 e. The van der Waals surface area contributed by atoms with Crippen LogP contribution in [0.3, 0.4) is 0 Å². The Morgan fingerprint density at radius 2 is 2.15 bits per heavy atom. The van der Waals surface area contributed by atoms with E-state index in [2.05, 4.69) is 15.3 Å². The van der Waals surface area contributed by atoms with Crippen molar-refractivity contribution in [2.75, 3.05) is 0 Å². The van der Waals surface area contributed by atoms with Crippen LogP contribution in [0.1, 0.15) is 27.7 Å². The zero-order chi connectivity index (χ0) is 14.5. The maximum atomic E-state index is 11.8. The van der Waals surface area contributed by atoms with Gasteiger partial charge in [-0.2, -0.15) is 5.26 Å². The van der Waals surface area contributed by atoms with E-state index in [1.54, 1.807) is 30.7 Å². The monoisotopic (exact) mass is 277 g/mol. The molecule has 108 valence electrons. The summed E-state index contributed by atoms with van der Waals surface area (Å²) in [4.78, 5) is 21.4. The van der Waals surface area contributed by atoms with Crippen LogP contribution in [0.2, 0.25) is 0 Å². The molecule has 1 rings (SSSR count). The van der Waals surface area contributed by atoms with Gasteiger partial charge in [0.15, 0.2) is 6.19 Å². The molecule has 0 aliphatic carbocycles. The molecule has 0 unspecified atom stereocenters. The van der Waals surface area contributed by atoms with Gasteiger partial charge in [0.25, 0.3) is 0 Å². The van der Waals surface area contributed by atoms with Gasteiger partial charge in [0, 0.05) is 18.7 Å². The van der Waals surface area contributed by atoms with E-state index >= 15 is 0 Å². The molecule has 0 saturated heterocycles. The van der Waals surface area contributed by atoms with Crippen LogP contribution in [-0.4, -0.2) is 32.8 Å². The molecule has 0 fully saturated rings. The fourth-order valence-electron chi connectivity index (χ4n) is 1.67. The molecular weight excluding hydrogens is 258 g/mol. The van der Waals surface area contributed by atoms with Crippen LogP contribution < -0.4 is 5.32 Å². The first kappa shape index (κ1) is 17.5. The molecule has 0 bridgehead atoms. The van der Waals surface area contributed by atoms with E-state index < -0.39 is 5.54 Å². The molecule has 0 aromatic carbocycles. The van der Waals surface area contributed by atoms with E-state index in [4.69, 9.17) is 5.26 Å². The number of hydrogen-bond acceptors (Lipinski definition) is 4. The highest BCUT2D eigenvalue weighted by molar-refractivity contribution is 5.98. The lowest BCUT2D eigenvalue weighted by Gasteiger charge is -2.34. The van der Waals surface area contributed by atoms with Crippen molar-refractivity contribution in [1.82, 2.24) is 15.2 Å². The number of nitriles is 1. The Kier molecular flexibility index (Phi) is 6.32.